The first-order valence-electron chi connectivity index (χ1n) is 8.52. The summed E-state index contributed by atoms with van der Waals surface area (Å²) in [6.45, 7) is 0. The van der Waals surface area contributed by atoms with Gasteiger partial charge >= 0.3 is 0 Å². The summed E-state index contributed by atoms with van der Waals surface area (Å²) >= 11 is 4.95. The number of carbonyl (C=O) groups is 1. The predicted molar refractivity (Wildman–Crippen MR) is 111 cm³/mol. The predicted octanol–water partition coefficient (Wildman–Crippen LogP) is 4.93. The van der Waals surface area contributed by atoms with E-state index in [-0.39, 0.29) is 5.91 Å². The molecule has 140 valence electrons. The van der Waals surface area contributed by atoms with Crippen LogP contribution in [-0.2, 0) is 17.6 Å². The Morgan fingerprint density at radius 2 is 2.07 bits per heavy atom. The third-order valence-corrected chi connectivity index (χ3v) is 6.20. The van der Waals surface area contributed by atoms with Gasteiger partial charge in [0.25, 0.3) is 0 Å². The summed E-state index contributed by atoms with van der Waals surface area (Å²) in [7, 11) is 3.13. The number of hydrogen-bond acceptors (Lipinski definition) is 5. The van der Waals surface area contributed by atoms with Gasteiger partial charge in [-0.15, -0.1) is 11.3 Å². The molecule has 5 nitrogen and oxygen atoms in total. The number of carbonyl (C=O) groups excluding carboxylic acids is 1. The summed E-state index contributed by atoms with van der Waals surface area (Å²) in [5.74, 6) is 0.905. The van der Waals surface area contributed by atoms with Crippen LogP contribution in [0.2, 0.25) is 0 Å². The molecular weight excluding hydrogens is 428 g/mol. The van der Waals surface area contributed by atoms with Crippen molar-refractivity contribution in [3.8, 4) is 17.6 Å². The van der Waals surface area contributed by atoms with Gasteiger partial charge in [0.1, 0.15) is 11.1 Å². The van der Waals surface area contributed by atoms with Gasteiger partial charge in [0.15, 0.2) is 11.5 Å². The molecule has 1 heterocycles. The zero-order valence-electron chi connectivity index (χ0n) is 15.1. The third kappa shape index (κ3) is 4.18. The van der Waals surface area contributed by atoms with Gasteiger partial charge in [-0.1, -0.05) is 0 Å². The maximum Gasteiger partial charge on any atom is 0.249 e. The fraction of sp³-hybridized carbons (Fsp3) is 0.300. The lowest BCUT2D eigenvalue weighted by Crippen LogP contribution is -2.07. The van der Waals surface area contributed by atoms with E-state index in [1.165, 1.54) is 22.3 Å². The molecule has 1 aliphatic rings. The second-order valence-corrected chi connectivity index (χ2v) is 8.05. The summed E-state index contributed by atoms with van der Waals surface area (Å²) in [4.78, 5) is 13.6. The Morgan fingerprint density at radius 1 is 1.30 bits per heavy atom. The Hall–Kier alpha value is -2.30. The van der Waals surface area contributed by atoms with Crippen LogP contribution in [0.1, 0.15) is 34.4 Å². The minimum atomic E-state index is -0.268. The molecule has 1 aromatic heterocycles. The molecular formula is C20H19BrN2O3S. The van der Waals surface area contributed by atoms with Crippen LogP contribution in [0.3, 0.4) is 0 Å². The van der Waals surface area contributed by atoms with Crippen molar-refractivity contribution < 1.29 is 14.3 Å². The van der Waals surface area contributed by atoms with Crippen molar-refractivity contribution in [3.05, 3.63) is 44.2 Å². The van der Waals surface area contributed by atoms with Gasteiger partial charge < -0.3 is 14.8 Å². The molecule has 0 unspecified atom stereocenters. The lowest BCUT2D eigenvalue weighted by molar-refractivity contribution is -0.111. The number of rotatable bonds is 5. The van der Waals surface area contributed by atoms with Crippen LogP contribution in [0.15, 0.2) is 22.7 Å². The molecule has 1 N–H and O–H groups in total. The zero-order chi connectivity index (χ0) is 19.4. The van der Waals surface area contributed by atoms with Crippen LogP contribution in [-0.4, -0.2) is 20.1 Å². The largest absolute Gasteiger partial charge is 0.493 e. The van der Waals surface area contributed by atoms with E-state index >= 15 is 0 Å². The van der Waals surface area contributed by atoms with Gasteiger partial charge in [0.2, 0.25) is 5.91 Å². The normalized spacial score (nSPS) is 13.1. The Kier molecular flexibility index (Phi) is 6.19. The van der Waals surface area contributed by atoms with E-state index in [1.807, 2.05) is 6.07 Å². The van der Waals surface area contributed by atoms with Gasteiger partial charge in [0, 0.05) is 11.0 Å². The Bertz CT molecular complexity index is 944. The SMILES string of the molecule is COc1cc(/C=C/C(=O)Nc2sc3c(c2C#N)CCCC3)cc(Br)c1OC. The van der Waals surface area contributed by atoms with E-state index in [1.54, 1.807) is 26.4 Å². The minimum absolute atomic E-state index is 0.268. The van der Waals surface area contributed by atoms with E-state index in [4.69, 9.17) is 9.47 Å². The van der Waals surface area contributed by atoms with Crippen molar-refractivity contribution in [1.82, 2.24) is 0 Å². The topological polar surface area (TPSA) is 71.3 Å². The standard InChI is InChI=1S/C20H19BrN2O3S/c1-25-16-10-12(9-15(21)19(16)26-2)7-8-18(24)23-20-14(11-22)13-5-3-4-6-17(13)27-20/h7-10H,3-6H2,1-2H3,(H,23,24)/b8-7+. The molecule has 7 heteroatoms. The second-order valence-electron chi connectivity index (χ2n) is 6.09. The number of nitriles is 1. The number of nitrogens with zero attached hydrogens (tertiary/aromatic N) is 1. The van der Waals surface area contributed by atoms with Gasteiger partial charge in [-0.05, 0) is 70.9 Å². The molecule has 0 spiro atoms. The van der Waals surface area contributed by atoms with E-state index in [0.717, 1.165) is 41.3 Å². The van der Waals surface area contributed by atoms with Crippen molar-refractivity contribution in [2.24, 2.45) is 0 Å². The third-order valence-electron chi connectivity index (χ3n) is 4.40. The van der Waals surface area contributed by atoms with E-state index in [9.17, 15) is 10.1 Å². The Morgan fingerprint density at radius 3 is 2.78 bits per heavy atom. The molecule has 0 radical (unpaired) electrons. The van der Waals surface area contributed by atoms with Crippen LogP contribution >= 0.6 is 27.3 Å². The first-order chi connectivity index (χ1) is 13.1. The van der Waals surface area contributed by atoms with Gasteiger partial charge in [-0.3, -0.25) is 4.79 Å². The number of methoxy groups -OCH3 is 2. The molecule has 1 aliphatic carbocycles. The van der Waals surface area contributed by atoms with Crippen molar-refractivity contribution >= 4 is 44.3 Å². The molecule has 0 fully saturated rings. The van der Waals surface area contributed by atoms with Crippen molar-refractivity contribution in [2.45, 2.75) is 25.7 Å². The van der Waals surface area contributed by atoms with Crippen LogP contribution < -0.4 is 14.8 Å². The number of hydrogen-bond donors (Lipinski definition) is 1. The fourth-order valence-electron chi connectivity index (χ4n) is 3.13. The molecule has 0 bridgehead atoms. The summed E-state index contributed by atoms with van der Waals surface area (Å²) in [6, 6.07) is 5.89. The number of thiophene rings is 1. The molecule has 1 amide bonds. The molecule has 0 aliphatic heterocycles. The average Bonchev–Trinajstić information content (AvgIpc) is 3.02. The highest BCUT2D eigenvalue weighted by Gasteiger charge is 2.21. The summed E-state index contributed by atoms with van der Waals surface area (Å²) in [5.41, 5.74) is 2.52. The fourth-order valence-corrected chi connectivity index (χ4v) is 5.00. The molecule has 27 heavy (non-hydrogen) atoms. The van der Waals surface area contributed by atoms with Crippen molar-refractivity contribution in [2.75, 3.05) is 19.5 Å². The number of anilines is 1. The smallest absolute Gasteiger partial charge is 0.249 e. The lowest BCUT2D eigenvalue weighted by Gasteiger charge is -2.10. The van der Waals surface area contributed by atoms with E-state index in [0.29, 0.717) is 22.1 Å². The van der Waals surface area contributed by atoms with Gasteiger partial charge in [-0.25, -0.2) is 0 Å². The number of amides is 1. The highest BCUT2D eigenvalue weighted by atomic mass is 79.9. The van der Waals surface area contributed by atoms with Crippen LogP contribution in [0.4, 0.5) is 5.00 Å². The van der Waals surface area contributed by atoms with E-state index in [2.05, 4.69) is 27.3 Å². The van der Waals surface area contributed by atoms with Crippen LogP contribution in [0.25, 0.3) is 6.08 Å². The number of aryl methyl sites for hydroxylation is 1. The number of nitrogens with one attached hydrogen (secondary N) is 1. The molecule has 0 saturated carbocycles. The van der Waals surface area contributed by atoms with Gasteiger partial charge in [-0.2, -0.15) is 5.26 Å². The quantitative estimate of drug-likeness (QED) is 0.660. The van der Waals surface area contributed by atoms with E-state index < -0.39 is 0 Å². The first kappa shape index (κ1) is 19.5. The Labute approximate surface area is 170 Å². The number of fused-ring (bicyclic) bond motifs is 1. The maximum atomic E-state index is 12.4. The second kappa shape index (κ2) is 8.59. The zero-order valence-corrected chi connectivity index (χ0v) is 17.5. The molecule has 0 atom stereocenters. The monoisotopic (exact) mass is 446 g/mol. The average molecular weight is 447 g/mol. The lowest BCUT2D eigenvalue weighted by atomic mass is 9.96. The van der Waals surface area contributed by atoms with Crippen LogP contribution in [0.5, 0.6) is 11.5 Å². The minimum Gasteiger partial charge on any atom is -0.493 e. The van der Waals surface area contributed by atoms with Crippen LogP contribution in [0, 0.1) is 11.3 Å². The summed E-state index contributed by atoms with van der Waals surface area (Å²) in [6.07, 6.45) is 7.29. The highest BCUT2D eigenvalue weighted by Crippen LogP contribution is 2.38. The van der Waals surface area contributed by atoms with Gasteiger partial charge in [0.05, 0.1) is 24.3 Å². The summed E-state index contributed by atoms with van der Waals surface area (Å²) in [5, 5.41) is 13.0. The van der Waals surface area contributed by atoms with Crippen molar-refractivity contribution in [3.63, 3.8) is 0 Å². The highest BCUT2D eigenvalue weighted by molar-refractivity contribution is 9.10. The maximum absolute atomic E-state index is 12.4. The van der Waals surface area contributed by atoms with Crippen molar-refractivity contribution in [1.29, 1.82) is 5.26 Å². The molecule has 1 aromatic carbocycles. The molecule has 3 rings (SSSR count). The Balaban J connectivity index is 1.78. The molecule has 2 aromatic rings. The number of benzene rings is 1. The number of halogens is 1. The molecule has 0 saturated heterocycles. The first-order valence-corrected chi connectivity index (χ1v) is 10.1. The summed E-state index contributed by atoms with van der Waals surface area (Å²) < 4.78 is 11.3. The number of ether oxygens (including phenoxy) is 2.